The highest BCUT2D eigenvalue weighted by Crippen LogP contribution is 2.27. The molecule has 0 aliphatic rings. The van der Waals surface area contributed by atoms with Crippen LogP contribution in [0.5, 0.6) is 0 Å². The Hall–Kier alpha value is -3.36. The van der Waals surface area contributed by atoms with Gasteiger partial charge in [0.2, 0.25) is 11.8 Å². The van der Waals surface area contributed by atoms with Crippen LogP contribution < -0.4 is 9.62 Å². The molecule has 0 radical (unpaired) electrons. The fourth-order valence-electron chi connectivity index (χ4n) is 4.14. The van der Waals surface area contributed by atoms with Crippen LogP contribution in [0, 0.1) is 20.8 Å². The summed E-state index contributed by atoms with van der Waals surface area (Å²) in [7, 11) is -4.15. The van der Waals surface area contributed by atoms with Crippen LogP contribution in [0.4, 0.5) is 5.69 Å². The van der Waals surface area contributed by atoms with E-state index in [1.807, 2.05) is 65.0 Å². The number of anilines is 1. The second-order valence-electron chi connectivity index (χ2n) is 10.1. The highest BCUT2D eigenvalue weighted by atomic mass is 35.5. The fourth-order valence-corrected chi connectivity index (χ4v) is 5.67. The average Bonchev–Trinajstić information content (AvgIpc) is 2.87. The van der Waals surface area contributed by atoms with Gasteiger partial charge < -0.3 is 10.2 Å². The second kappa shape index (κ2) is 12.7. The molecule has 0 unspecified atom stereocenters. The van der Waals surface area contributed by atoms with Gasteiger partial charge in [-0.2, -0.15) is 0 Å². The summed E-state index contributed by atoms with van der Waals surface area (Å²) in [5.74, 6) is -0.817. The van der Waals surface area contributed by atoms with Crippen molar-refractivity contribution in [2.24, 2.45) is 0 Å². The van der Waals surface area contributed by atoms with Gasteiger partial charge in [0, 0.05) is 17.6 Å². The first-order chi connectivity index (χ1) is 18.3. The molecule has 0 aliphatic carbocycles. The third-order valence-corrected chi connectivity index (χ3v) is 8.53. The number of rotatable bonds is 10. The van der Waals surface area contributed by atoms with Gasteiger partial charge in [-0.25, -0.2) is 8.42 Å². The number of benzene rings is 3. The summed E-state index contributed by atoms with van der Waals surface area (Å²) < 4.78 is 28.9. The molecule has 9 heteroatoms. The number of hydrogen-bond donors (Lipinski definition) is 1. The number of nitrogens with one attached hydrogen (secondary N) is 1. The zero-order valence-corrected chi connectivity index (χ0v) is 24.8. The zero-order chi connectivity index (χ0) is 28.9. The third-order valence-electron chi connectivity index (χ3n) is 6.49. The Morgan fingerprint density at radius 1 is 0.897 bits per heavy atom. The molecule has 1 atom stereocenters. The molecule has 3 aromatic rings. The summed E-state index contributed by atoms with van der Waals surface area (Å²) in [5, 5.41) is 3.26. The van der Waals surface area contributed by atoms with Crippen LogP contribution in [0.3, 0.4) is 0 Å². The van der Waals surface area contributed by atoms with Gasteiger partial charge in [0.05, 0.1) is 10.6 Å². The monoisotopic (exact) mass is 569 g/mol. The number of amides is 2. The summed E-state index contributed by atoms with van der Waals surface area (Å²) in [5.41, 5.74) is 4.09. The molecule has 1 N–H and O–H groups in total. The van der Waals surface area contributed by atoms with Crippen LogP contribution in [-0.2, 0) is 26.2 Å². The number of carbonyl (C=O) groups is 2. The molecule has 0 saturated carbocycles. The Morgan fingerprint density at radius 2 is 1.56 bits per heavy atom. The maximum atomic E-state index is 14.0. The second-order valence-corrected chi connectivity index (χ2v) is 12.4. The van der Waals surface area contributed by atoms with Crippen molar-refractivity contribution in [1.82, 2.24) is 10.2 Å². The molecule has 0 saturated heterocycles. The van der Waals surface area contributed by atoms with Gasteiger partial charge in [0.1, 0.15) is 12.6 Å². The normalized spacial score (nSPS) is 12.2. The number of sulfonamides is 1. The molecule has 3 aromatic carbocycles. The van der Waals surface area contributed by atoms with Crippen molar-refractivity contribution in [2.75, 3.05) is 10.8 Å². The average molecular weight is 570 g/mol. The van der Waals surface area contributed by atoms with Crippen LogP contribution in [-0.4, -0.2) is 43.8 Å². The van der Waals surface area contributed by atoms with Gasteiger partial charge in [-0.3, -0.25) is 13.9 Å². The molecule has 3 rings (SSSR count). The quantitative estimate of drug-likeness (QED) is 0.354. The largest absolute Gasteiger partial charge is 0.352 e. The smallest absolute Gasteiger partial charge is 0.264 e. The molecule has 0 aliphatic heterocycles. The summed E-state index contributed by atoms with van der Waals surface area (Å²) in [6.07, 6.45) is 0. The van der Waals surface area contributed by atoms with Gasteiger partial charge in [-0.15, -0.1) is 0 Å². The van der Waals surface area contributed by atoms with Gasteiger partial charge in [0.15, 0.2) is 0 Å². The van der Waals surface area contributed by atoms with Crippen LogP contribution in [0.2, 0.25) is 5.02 Å². The third kappa shape index (κ3) is 7.61. The van der Waals surface area contributed by atoms with E-state index < -0.39 is 28.5 Å². The van der Waals surface area contributed by atoms with Gasteiger partial charge in [-0.1, -0.05) is 47.5 Å². The van der Waals surface area contributed by atoms with Crippen LogP contribution in [0.1, 0.15) is 43.0 Å². The lowest BCUT2D eigenvalue weighted by atomic mass is 10.1. The minimum absolute atomic E-state index is 0.00811. The summed E-state index contributed by atoms with van der Waals surface area (Å²) >= 11 is 6.00. The van der Waals surface area contributed by atoms with E-state index in [1.165, 1.54) is 29.2 Å². The molecule has 7 nitrogen and oxygen atoms in total. The molecule has 2 amide bonds. The maximum absolute atomic E-state index is 14.0. The Balaban J connectivity index is 2.06. The van der Waals surface area contributed by atoms with E-state index in [1.54, 1.807) is 19.1 Å². The van der Waals surface area contributed by atoms with Crippen molar-refractivity contribution < 1.29 is 18.0 Å². The van der Waals surface area contributed by atoms with Crippen molar-refractivity contribution in [2.45, 2.75) is 65.1 Å². The van der Waals surface area contributed by atoms with E-state index >= 15 is 0 Å². The molecular formula is C30H36ClN3O4S. The fraction of sp³-hybridized carbons (Fsp3) is 0.333. The Morgan fingerprint density at radius 3 is 2.15 bits per heavy atom. The first kappa shape index (κ1) is 30.2. The highest BCUT2D eigenvalue weighted by molar-refractivity contribution is 7.92. The van der Waals surface area contributed by atoms with Crippen molar-refractivity contribution >= 4 is 39.1 Å². The predicted octanol–water partition coefficient (Wildman–Crippen LogP) is 5.40. The number of aryl methyl sites for hydroxylation is 3. The van der Waals surface area contributed by atoms with E-state index in [-0.39, 0.29) is 23.4 Å². The van der Waals surface area contributed by atoms with E-state index in [4.69, 9.17) is 11.6 Å². The number of carbonyl (C=O) groups excluding carboxylic acids is 2. The van der Waals surface area contributed by atoms with Crippen molar-refractivity contribution in [1.29, 1.82) is 0 Å². The summed E-state index contributed by atoms with van der Waals surface area (Å²) in [6, 6.07) is 17.8. The Labute approximate surface area is 236 Å². The van der Waals surface area contributed by atoms with Crippen LogP contribution >= 0.6 is 11.6 Å². The van der Waals surface area contributed by atoms with Crippen LogP contribution in [0.25, 0.3) is 0 Å². The minimum Gasteiger partial charge on any atom is -0.352 e. The molecule has 0 fully saturated rings. The standard InChI is InChI=1S/C30H36ClN3O4S/c1-20(2)32-30(36)24(6)33(18-25-9-7-8-21(3)16-25)29(35)19-34(27-13-10-22(4)23(5)17-27)39(37,38)28-14-11-26(31)12-15-28/h7-17,20,24H,18-19H2,1-6H3,(H,32,36)/t24-/m0/s1. The Bertz CT molecular complexity index is 1440. The van der Waals surface area contributed by atoms with E-state index in [0.717, 1.165) is 26.6 Å². The number of nitrogens with zero attached hydrogens (tertiary/aromatic N) is 2. The van der Waals surface area contributed by atoms with Gasteiger partial charge >= 0.3 is 0 Å². The number of hydrogen-bond acceptors (Lipinski definition) is 4. The molecule has 0 aromatic heterocycles. The highest BCUT2D eigenvalue weighted by Gasteiger charge is 2.32. The Kier molecular flexibility index (Phi) is 9.80. The molecule has 0 spiro atoms. The van der Waals surface area contributed by atoms with E-state index in [9.17, 15) is 18.0 Å². The molecule has 208 valence electrons. The van der Waals surface area contributed by atoms with Crippen molar-refractivity contribution in [3.8, 4) is 0 Å². The van der Waals surface area contributed by atoms with Gasteiger partial charge in [-0.05, 0) is 94.6 Å². The SMILES string of the molecule is Cc1cccc(CN(C(=O)CN(c2ccc(C)c(C)c2)S(=O)(=O)c2ccc(Cl)cc2)[C@@H](C)C(=O)NC(C)C)c1. The first-order valence-electron chi connectivity index (χ1n) is 12.8. The van der Waals surface area contributed by atoms with Crippen LogP contribution in [0.15, 0.2) is 71.6 Å². The summed E-state index contributed by atoms with van der Waals surface area (Å²) in [6.45, 7) is 10.8. The molecular weight excluding hydrogens is 534 g/mol. The van der Waals surface area contributed by atoms with Gasteiger partial charge in [0.25, 0.3) is 10.0 Å². The van der Waals surface area contributed by atoms with E-state index in [2.05, 4.69) is 5.32 Å². The maximum Gasteiger partial charge on any atom is 0.264 e. The lowest BCUT2D eigenvalue weighted by Gasteiger charge is -2.32. The number of halogens is 1. The lowest BCUT2D eigenvalue weighted by molar-refractivity contribution is -0.139. The zero-order valence-electron chi connectivity index (χ0n) is 23.2. The topological polar surface area (TPSA) is 86.8 Å². The predicted molar refractivity (Wildman–Crippen MR) is 156 cm³/mol. The van der Waals surface area contributed by atoms with E-state index in [0.29, 0.717) is 10.7 Å². The summed E-state index contributed by atoms with van der Waals surface area (Å²) in [4.78, 5) is 28.4. The van der Waals surface area contributed by atoms with Crippen molar-refractivity contribution in [3.05, 3.63) is 94.0 Å². The molecule has 39 heavy (non-hydrogen) atoms. The first-order valence-corrected chi connectivity index (χ1v) is 14.6. The lowest BCUT2D eigenvalue weighted by Crippen LogP contribution is -2.52. The molecule has 0 bridgehead atoms. The minimum atomic E-state index is -4.15. The van der Waals surface area contributed by atoms with Crippen molar-refractivity contribution in [3.63, 3.8) is 0 Å². The molecule has 0 heterocycles.